The number of hydrogen-bond donors (Lipinski definition) is 0. The number of para-hydroxylation sites is 1. The van der Waals surface area contributed by atoms with E-state index in [-0.39, 0.29) is 0 Å². The third-order valence-electron chi connectivity index (χ3n) is 4.55. The van der Waals surface area contributed by atoms with Gasteiger partial charge < -0.3 is 4.90 Å². The average Bonchev–Trinajstić information content (AvgIpc) is 2.64. The molecule has 0 saturated carbocycles. The van der Waals surface area contributed by atoms with Crippen molar-refractivity contribution in [1.29, 1.82) is 0 Å². The van der Waals surface area contributed by atoms with Gasteiger partial charge in [-0.2, -0.15) is 0 Å². The zero-order valence-corrected chi connectivity index (χ0v) is 16.0. The summed E-state index contributed by atoms with van der Waals surface area (Å²) in [6, 6.07) is 14.4. The number of nitrogens with zero attached hydrogens (tertiary/aromatic N) is 4. The summed E-state index contributed by atoms with van der Waals surface area (Å²) in [5, 5.41) is 1.75. The predicted molar refractivity (Wildman–Crippen MR) is 106 cm³/mol. The fourth-order valence-electron chi connectivity index (χ4n) is 3.18. The largest absolute Gasteiger partial charge is 0.354 e. The first-order valence-corrected chi connectivity index (χ1v) is 9.49. The van der Waals surface area contributed by atoms with E-state index < -0.39 is 0 Å². The summed E-state index contributed by atoms with van der Waals surface area (Å²) in [5.41, 5.74) is 2.04. The minimum atomic E-state index is 0.607. The van der Waals surface area contributed by atoms with Crippen LogP contribution in [0.1, 0.15) is 5.56 Å². The minimum Gasteiger partial charge on any atom is -0.354 e. The Hall–Kier alpha value is -1.69. The van der Waals surface area contributed by atoms with Crippen molar-refractivity contribution in [1.82, 2.24) is 14.9 Å². The predicted octanol–water partition coefficient (Wildman–Crippen LogP) is 4.37. The van der Waals surface area contributed by atoms with Crippen LogP contribution in [0.15, 0.2) is 53.1 Å². The number of anilines is 1. The van der Waals surface area contributed by atoms with E-state index in [9.17, 15) is 0 Å². The highest BCUT2D eigenvalue weighted by Crippen LogP contribution is 2.23. The first-order chi connectivity index (χ1) is 12.2. The van der Waals surface area contributed by atoms with Gasteiger partial charge in [-0.15, -0.1) is 0 Å². The standard InChI is InChI=1S/C19H18BrClN4/c20-16-5-6-18(22-12-16)25-9-7-24(8-10-25)13-15-11-14-3-1-2-4-17(14)23-19(15)21/h1-6,11-12H,7-10,13H2. The van der Waals surface area contributed by atoms with Gasteiger partial charge in [0.05, 0.1) is 5.52 Å². The van der Waals surface area contributed by atoms with E-state index in [1.807, 2.05) is 30.5 Å². The molecule has 1 aliphatic heterocycles. The van der Waals surface area contributed by atoms with Crippen LogP contribution in [0.5, 0.6) is 0 Å². The van der Waals surface area contributed by atoms with Crippen LogP contribution in [0.25, 0.3) is 10.9 Å². The molecule has 2 aromatic heterocycles. The van der Waals surface area contributed by atoms with E-state index in [2.05, 4.69) is 53.9 Å². The van der Waals surface area contributed by atoms with E-state index in [0.29, 0.717) is 5.15 Å². The maximum Gasteiger partial charge on any atom is 0.134 e. The zero-order chi connectivity index (χ0) is 17.2. The second kappa shape index (κ2) is 7.28. The number of hydrogen-bond acceptors (Lipinski definition) is 4. The van der Waals surface area contributed by atoms with Crippen LogP contribution < -0.4 is 4.90 Å². The maximum absolute atomic E-state index is 6.40. The van der Waals surface area contributed by atoms with Gasteiger partial charge in [0, 0.05) is 54.3 Å². The molecule has 4 rings (SSSR count). The van der Waals surface area contributed by atoms with Crippen LogP contribution >= 0.6 is 27.5 Å². The third kappa shape index (κ3) is 3.78. The first kappa shape index (κ1) is 16.8. The molecule has 4 nitrogen and oxygen atoms in total. The van der Waals surface area contributed by atoms with Crippen molar-refractivity contribution >= 4 is 44.3 Å². The molecule has 0 spiro atoms. The molecule has 128 valence electrons. The van der Waals surface area contributed by atoms with Crippen molar-refractivity contribution in [3.8, 4) is 0 Å². The Labute approximate surface area is 160 Å². The lowest BCUT2D eigenvalue weighted by Gasteiger charge is -2.35. The second-order valence-electron chi connectivity index (χ2n) is 6.23. The molecule has 25 heavy (non-hydrogen) atoms. The van der Waals surface area contributed by atoms with Crippen LogP contribution in [0.2, 0.25) is 5.15 Å². The number of rotatable bonds is 3. The fraction of sp³-hybridized carbons (Fsp3) is 0.263. The van der Waals surface area contributed by atoms with E-state index >= 15 is 0 Å². The molecule has 0 radical (unpaired) electrons. The maximum atomic E-state index is 6.40. The first-order valence-electron chi connectivity index (χ1n) is 8.32. The molecule has 0 atom stereocenters. The van der Waals surface area contributed by atoms with Gasteiger partial charge in [0.2, 0.25) is 0 Å². The molecule has 1 aliphatic rings. The summed E-state index contributed by atoms with van der Waals surface area (Å²) in [7, 11) is 0. The quantitative estimate of drug-likeness (QED) is 0.592. The van der Waals surface area contributed by atoms with Crippen LogP contribution in [0.3, 0.4) is 0 Å². The van der Waals surface area contributed by atoms with Gasteiger partial charge in [0.15, 0.2) is 0 Å². The lowest BCUT2D eigenvalue weighted by atomic mass is 10.1. The number of halogens is 2. The fourth-order valence-corrected chi connectivity index (χ4v) is 3.62. The van der Waals surface area contributed by atoms with Gasteiger partial charge in [-0.1, -0.05) is 29.8 Å². The Morgan fingerprint density at radius 3 is 2.60 bits per heavy atom. The van der Waals surface area contributed by atoms with Gasteiger partial charge in [0.25, 0.3) is 0 Å². The average molecular weight is 418 g/mol. The van der Waals surface area contributed by atoms with E-state index in [1.54, 1.807) is 0 Å². The van der Waals surface area contributed by atoms with Crippen molar-refractivity contribution in [2.24, 2.45) is 0 Å². The van der Waals surface area contributed by atoms with Crippen LogP contribution in [0.4, 0.5) is 5.82 Å². The third-order valence-corrected chi connectivity index (χ3v) is 5.35. The molecule has 0 amide bonds. The molecule has 0 N–H and O–H groups in total. The highest BCUT2D eigenvalue weighted by Gasteiger charge is 2.19. The molecule has 0 unspecified atom stereocenters. The van der Waals surface area contributed by atoms with Crippen molar-refractivity contribution < 1.29 is 0 Å². The van der Waals surface area contributed by atoms with E-state index in [4.69, 9.17) is 11.6 Å². The summed E-state index contributed by atoms with van der Waals surface area (Å²) in [6.45, 7) is 4.74. The summed E-state index contributed by atoms with van der Waals surface area (Å²) < 4.78 is 1.01. The molecular formula is C19H18BrClN4. The van der Waals surface area contributed by atoms with Crippen LogP contribution in [-0.2, 0) is 6.54 Å². The molecule has 0 bridgehead atoms. The smallest absolute Gasteiger partial charge is 0.134 e. The SMILES string of the molecule is Clc1nc2ccccc2cc1CN1CCN(c2ccc(Br)cn2)CC1. The number of benzene rings is 1. The monoisotopic (exact) mass is 416 g/mol. The van der Waals surface area contributed by atoms with Gasteiger partial charge in [-0.25, -0.2) is 9.97 Å². The Kier molecular flexibility index (Phi) is 4.88. The van der Waals surface area contributed by atoms with Gasteiger partial charge in [0.1, 0.15) is 11.0 Å². The zero-order valence-electron chi connectivity index (χ0n) is 13.7. The molecule has 3 aromatic rings. The molecule has 1 saturated heterocycles. The Bertz CT molecular complexity index is 876. The van der Waals surface area contributed by atoms with E-state index in [0.717, 1.165) is 59.5 Å². The highest BCUT2D eigenvalue weighted by molar-refractivity contribution is 9.10. The minimum absolute atomic E-state index is 0.607. The molecule has 1 fully saturated rings. The lowest BCUT2D eigenvalue weighted by molar-refractivity contribution is 0.249. The number of aromatic nitrogens is 2. The lowest BCUT2D eigenvalue weighted by Crippen LogP contribution is -2.46. The van der Waals surface area contributed by atoms with Crippen molar-refractivity contribution in [2.75, 3.05) is 31.1 Å². The normalized spacial score (nSPS) is 15.7. The molecule has 6 heteroatoms. The molecule has 3 heterocycles. The number of piperazine rings is 1. The molecule has 1 aromatic carbocycles. The van der Waals surface area contributed by atoms with Crippen LogP contribution in [-0.4, -0.2) is 41.0 Å². The summed E-state index contributed by atoms with van der Waals surface area (Å²) in [6.07, 6.45) is 1.85. The van der Waals surface area contributed by atoms with Crippen molar-refractivity contribution in [3.63, 3.8) is 0 Å². The Morgan fingerprint density at radius 2 is 1.84 bits per heavy atom. The van der Waals surface area contributed by atoms with Crippen molar-refractivity contribution in [3.05, 3.63) is 63.9 Å². The van der Waals surface area contributed by atoms with Gasteiger partial charge in [-0.05, 0) is 40.2 Å². The Balaban J connectivity index is 1.43. The topological polar surface area (TPSA) is 32.3 Å². The van der Waals surface area contributed by atoms with Gasteiger partial charge in [-0.3, -0.25) is 4.90 Å². The number of pyridine rings is 2. The molecular weight excluding hydrogens is 400 g/mol. The van der Waals surface area contributed by atoms with Crippen molar-refractivity contribution in [2.45, 2.75) is 6.54 Å². The van der Waals surface area contributed by atoms with E-state index in [1.165, 1.54) is 0 Å². The second-order valence-corrected chi connectivity index (χ2v) is 7.50. The summed E-state index contributed by atoms with van der Waals surface area (Å²) in [4.78, 5) is 13.8. The number of fused-ring (bicyclic) bond motifs is 1. The summed E-state index contributed by atoms with van der Waals surface area (Å²) in [5.74, 6) is 1.04. The van der Waals surface area contributed by atoms with Crippen LogP contribution in [0, 0.1) is 0 Å². The van der Waals surface area contributed by atoms with Gasteiger partial charge >= 0.3 is 0 Å². The highest BCUT2D eigenvalue weighted by atomic mass is 79.9. The molecule has 0 aliphatic carbocycles. The summed E-state index contributed by atoms with van der Waals surface area (Å²) >= 11 is 9.83. The Morgan fingerprint density at radius 1 is 1.04 bits per heavy atom.